The molecule has 4 aromatic rings. The van der Waals surface area contributed by atoms with Gasteiger partial charge in [0.2, 0.25) is 0 Å². The normalized spacial score (nSPS) is 18.7. The van der Waals surface area contributed by atoms with E-state index >= 15 is 0 Å². The number of ether oxygens (including phenoxy) is 8. The molecular weight excluding hydrogens is 1520 g/mol. The molecule has 0 bridgehead atoms. The first-order valence-electron chi connectivity index (χ1n) is 46.2. The van der Waals surface area contributed by atoms with Crippen LogP contribution >= 0.6 is 21.6 Å². The van der Waals surface area contributed by atoms with Gasteiger partial charge in [-0.25, -0.2) is 0 Å². The zero-order valence-electron chi connectivity index (χ0n) is 75.9. The van der Waals surface area contributed by atoms with Crippen molar-refractivity contribution in [2.24, 2.45) is 47.3 Å². The molecule has 0 amide bonds. The molecule has 0 saturated carbocycles. The molecule has 4 heterocycles. The highest BCUT2D eigenvalue weighted by atomic mass is 33.1. The van der Waals surface area contributed by atoms with E-state index in [0.717, 1.165) is 237 Å². The molecule has 118 heavy (non-hydrogen) atoms. The van der Waals surface area contributed by atoms with Gasteiger partial charge in [0.05, 0.1) is 45.3 Å². The molecule has 7 atom stereocenters. The van der Waals surface area contributed by atoms with Crippen molar-refractivity contribution in [1.82, 2.24) is 9.80 Å². The fourth-order valence-electron chi connectivity index (χ4n) is 17.9. The summed E-state index contributed by atoms with van der Waals surface area (Å²) in [5.74, 6) is 9.70. The van der Waals surface area contributed by atoms with Gasteiger partial charge in [0, 0.05) is 42.1 Å². The predicted molar refractivity (Wildman–Crippen MR) is 482 cm³/mol. The van der Waals surface area contributed by atoms with E-state index in [0.29, 0.717) is 54.0 Å². The number of likely N-dealkylation sites (tertiary alicyclic amines) is 2. The Kier molecular flexibility index (Phi) is 41.5. The topological polar surface area (TPSA) is 186 Å². The smallest absolute Gasteiger partial charge is 0.311 e. The molecule has 2 fully saturated rings. The maximum Gasteiger partial charge on any atom is 0.311 e. The zero-order chi connectivity index (χ0) is 85.3. The summed E-state index contributed by atoms with van der Waals surface area (Å²) in [5, 5.41) is 11.1. The number of carbonyl (C=O) groups excluding carboxylic acids is 5. The molecule has 660 valence electrons. The summed E-state index contributed by atoms with van der Waals surface area (Å²) >= 11 is 0. The third kappa shape index (κ3) is 33.8. The first kappa shape index (κ1) is 97.7. The molecule has 7 unspecified atom stereocenters. The number of piperidine rings is 2. The molecule has 0 aromatic heterocycles. The Hall–Kier alpha value is -5.79. The van der Waals surface area contributed by atoms with Gasteiger partial charge in [0.25, 0.3) is 0 Å². The fraction of sp³-hybridized carbons (Fsp3) is 0.710. The maximum absolute atomic E-state index is 13.2. The first-order valence-corrected chi connectivity index (χ1v) is 48.7. The van der Waals surface area contributed by atoms with E-state index in [2.05, 4.69) is 86.0 Å². The third-order valence-corrected chi connectivity index (χ3v) is 28.7. The van der Waals surface area contributed by atoms with Gasteiger partial charge in [-0.3, -0.25) is 24.0 Å². The second-order valence-corrected chi connectivity index (χ2v) is 40.5. The van der Waals surface area contributed by atoms with Crippen LogP contribution in [0.25, 0.3) is 0 Å². The summed E-state index contributed by atoms with van der Waals surface area (Å²) in [7, 11) is 3.93. The lowest BCUT2D eigenvalue weighted by atomic mass is 9.83. The predicted octanol–water partition coefficient (Wildman–Crippen LogP) is 23.4. The van der Waals surface area contributed by atoms with Crippen LogP contribution < -0.4 is 28.4 Å². The SMILES string of the molecule is Cc1c(C)c2c(c(C)c1OC(=O)CCC(=O)Oc1ccc(CC(=O)OCCC3CCN(CCSSCCN4CCC(CCOC(=O)Cc5ccc(OC(=O)CCC(O)Oc6c(C)c(C)c7c(c6C)CCC(C)(CCCC(C)CCCC(C)CCCC(C)C)O7)cc5)CC4)CC3)cc1)CCC(C)(CCCC(C)CCCC(C)CCCC(C)C)O2. The number of esters is 5. The van der Waals surface area contributed by atoms with E-state index in [9.17, 15) is 29.1 Å². The molecule has 1 N–H and O–H groups in total. The minimum atomic E-state index is -1.19. The van der Waals surface area contributed by atoms with Crippen molar-refractivity contribution in [3.8, 4) is 34.5 Å². The van der Waals surface area contributed by atoms with Crippen molar-refractivity contribution in [3.05, 3.63) is 104 Å². The highest BCUT2D eigenvalue weighted by molar-refractivity contribution is 8.76. The molecule has 0 spiro atoms. The van der Waals surface area contributed by atoms with E-state index in [1.165, 1.54) is 89.9 Å². The minimum Gasteiger partial charge on any atom is -0.487 e. The molecule has 0 radical (unpaired) electrons. The molecule has 4 aliphatic rings. The number of nitrogens with zero attached hydrogens (tertiary/aromatic N) is 2. The van der Waals surface area contributed by atoms with Crippen LogP contribution in [0.4, 0.5) is 0 Å². The molecule has 16 nitrogen and oxygen atoms in total. The van der Waals surface area contributed by atoms with Gasteiger partial charge < -0.3 is 52.8 Å². The maximum atomic E-state index is 13.2. The number of hydrogen-bond acceptors (Lipinski definition) is 18. The highest BCUT2D eigenvalue weighted by Crippen LogP contribution is 2.48. The van der Waals surface area contributed by atoms with Gasteiger partial charge in [-0.1, -0.05) is 191 Å². The lowest BCUT2D eigenvalue weighted by molar-refractivity contribution is -0.144. The third-order valence-electron chi connectivity index (χ3n) is 26.3. The summed E-state index contributed by atoms with van der Waals surface area (Å²) in [6, 6.07) is 13.8. The van der Waals surface area contributed by atoms with Gasteiger partial charge in [-0.2, -0.15) is 0 Å². The van der Waals surface area contributed by atoms with Crippen LogP contribution in [0.15, 0.2) is 48.5 Å². The van der Waals surface area contributed by atoms with Gasteiger partial charge >= 0.3 is 29.8 Å². The molecule has 4 aromatic carbocycles. The summed E-state index contributed by atoms with van der Waals surface area (Å²) in [5.41, 5.74) is 9.07. The number of carbonyl (C=O) groups is 5. The molecule has 8 rings (SSSR count). The Morgan fingerprint density at radius 3 is 1.19 bits per heavy atom. The van der Waals surface area contributed by atoms with Crippen LogP contribution in [0.3, 0.4) is 0 Å². The van der Waals surface area contributed by atoms with Crippen LogP contribution in [0, 0.1) is 88.9 Å². The summed E-state index contributed by atoms with van der Waals surface area (Å²) in [6.07, 6.45) is 31.4. The minimum absolute atomic E-state index is 0.0317. The van der Waals surface area contributed by atoms with Gasteiger partial charge in [0.15, 0.2) is 6.29 Å². The quantitative estimate of drug-likeness (QED) is 0.0144. The molecular formula is C100H154N2O14S2. The van der Waals surface area contributed by atoms with E-state index in [4.69, 9.17) is 37.9 Å². The van der Waals surface area contributed by atoms with Crippen LogP contribution in [0.1, 0.15) is 317 Å². The average molecular weight is 1670 g/mol. The van der Waals surface area contributed by atoms with E-state index in [1.54, 1.807) is 48.5 Å². The second kappa shape index (κ2) is 50.1. The summed E-state index contributed by atoms with van der Waals surface area (Å²) in [6.45, 7) is 42.9. The Labute approximate surface area is 720 Å². The molecule has 4 aliphatic heterocycles. The average Bonchev–Trinajstić information content (AvgIpc) is 0.763. The van der Waals surface area contributed by atoms with Gasteiger partial charge in [-0.05, 0) is 288 Å². The zero-order valence-corrected chi connectivity index (χ0v) is 77.5. The lowest BCUT2D eigenvalue weighted by Gasteiger charge is -2.38. The van der Waals surface area contributed by atoms with E-state index < -0.39 is 24.2 Å². The van der Waals surface area contributed by atoms with Crippen molar-refractivity contribution in [3.63, 3.8) is 0 Å². The van der Waals surface area contributed by atoms with Gasteiger partial charge in [-0.15, -0.1) is 0 Å². The Morgan fingerprint density at radius 2 is 0.797 bits per heavy atom. The van der Waals surface area contributed by atoms with E-state index in [1.807, 2.05) is 56.2 Å². The molecule has 0 aliphatic carbocycles. The number of hydrogen-bond donors (Lipinski definition) is 1. The number of benzene rings is 4. The van der Waals surface area contributed by atoms with Crippen molar-refractivity contribution in [2.75, 3.05) is 64.0 Å². The molecule has 2 saturated heterocycles. The monoisotopic (exact) mass is 1670 g/mol. The number of fused-ring (bicyclic) bond motifs is 2. The Bertz CT molecular complexity index is 3730. The number of aliphatic hydroxyl groups is 1. The van der Waals surface area contributed by atoms with Crippen molar-refractivity contribution in [2.45, 2.75) is 347 Å². The van der Waals surface area contributed by atoms with Crippen LogP contribution in [0.2, 0.25) is 0 Å². The largest absolute Gasteiger partial charge is 0.487 e. The Balaban J connectivity index is 0.593. The highest BCUT2D eigenvalue weighted by Gasteiger charge is 2.38. The van der Waals surface area contributed by atoms with Crippen LogP contribution in [-0.2, 0) is 59.1 Å². The summed E-state index contributed by atoms with van der Waals surface area (Å²) < 4.78 is 48.4. The van der Waals surface area contributed by atoms with Crippen LogP contribution in [-0.4, -0.2) is 126 Å². The van der Waals surface area contributed by atoms with Crippen molar-refractivity contribution >= 4 is 51.4 Å². The fourth-order valence-corrected chi connectivity index (χ4v) is 20.0. The standard InChI is InChI=1S/C100H154N2O14S2/c1-69(2)23-17-25-71(5)27-19-29-73(7)31-21-53-99(15)55-45-87-79(13)95(75(9)77(11)97(87)115-99)113-91(105)43-41-89(103)111-85-37-33-83(34-38-85)67-93(107)109-63-51-81-47-57-101(58-48-81)61-65-117-118-66-62-102-59-49-82(50-60-102)52-64-110-94(108)68-84-35-39-86(40-36-84)112-90(104)42-44-92(106)114-96-76(10)78(12)98-88(80(96)14)46-56-100(16,116-98)54-22-32-74(8)30-20-28-72(6)26-18-24-70(3)4/h33-40,69-74,81-82,91,105H,17-32,41-68H2,1-16H3. The number of rotatable bonds is 52. The molecule has 18 heteroatoms. The van der Waals surface area contributed by atoms with Crippen LogP contribution in [0.5, 0.6) is 34.5 Å². The van der Waals surface area contributed by atoms with E-state index in [-0.39, 0.29) is 61.7 Å². The lowest BCUT2D eigenvalue weighted by Crippen LogP contribution is -2.37. The van der Waals surface area contributed by atoms with Crippen molar-refractivity contribution < 1.29 is 67.0 Å². The Morgan fingerprint density at radius 1 is 0.441 bits per heavy atom. The summed E-state index contributed by atoms with van der Waals surface area (Å²) in [4.78, 5) is 69.9. The van der Waals surface area contributed by atoms with Gasteiger partial charge in [0.1, 0.15) is 45.7 Å². The van der Waals surface area contributed by atoms with Crippen molar-refractivity contribution in [1.29, 1.82) is 0 Å². The first-order chi connectivity index (χ1) is 56.4. The second-order valence-electron chi connectivity index (χ2n) is 37.8. The number of aliphatic hydroxyl groups excluding tert-OH is 1.